The van der Waals surface area contributed by atoms with E-state index in [1.807, 2.05) is 28.8 Å². The Labute approximate surface area is 204 Å². The SMILES string of the molecule is CCOC(=O)C1(NC(=O)c2cc3n4c(c(C5CCCCC5)n3n2)-c2ccccc2OCC4)CCC1. The molecule has 3 aromatic rings. The van der Waals surface area contributed by atoms with Crippen LogP contribution in [0.3, 0.4) is 0 Å². The van der Waals surface area contributed by atoms with Crippen LogP contribution in [0.25, 0.3) is 16.9 Å². The van der Waals surface area contributed by atoms with E-state index in [2.05, 4.69) is 16.0 Å². The van der Waals surface area contributed by atoms with Crippen molar-refractivity contribution in [3.05, 3.63) is 41.7 Å². The van der Waals surface area contributed by atoms with Crippen LogP contribution in [0.15, 0.2) is 30.3 Å². The first kappa shape index (κ1) is 22.2. The smallest absolute Gasteiger partial charge is 0.331 e. The van der Waals surface area contributed by atoms with Gasteiger partial charge >= 0.3 is 5.97 Å². The van der Waals surface area contributed by atoms with Gasteiger partial charge in [-0.3, -0.25) is 4.79 Å². The molecular formula is C27H32N4O4. The summed E-state index contributed by atoms with van der Waals surface area (Å²) in [4.78, 5) is 25.9. The molecule has 0 atom stereocenters. The number of imidazole rings is 1. The fraction of sp³-hybridized carbons (Fsp3) is 0.519. The zero-order valence-electron chi connectivity index (χ0n) is 20.2. The zero-order valence-corrected chi connectivity index (χ0v) is 20.2. The maximum atomic E-state index is 13.3. The van der Waals surface area contributed by atoms with Gasteiger partial charge in [0.2, 0.25) is 0 Å². The molecule has 35 heavy (non-hydrogen) atoms. The number of carbonyl (C=O) groups is 2. The molecular weight excluding hydrogens is 444 g/mol. The molecule has 0 unspecified atom stereocenters. The van der Waals surface area contributed by atoms with E-state index in [1.54, 1.807) is 6.92 Å². The molecule has 3 heterocycles. The second-order valence-corrected chi connectivity index (χ2v) is 9.97. The predicted octanol–water partition coefficient (Wildman–Crippen LogP) is 4.46. The molecule has 0 spiro atoms. The van der Waals surface area contributed by atoms with Crippen LogP contribution in [0.5, 0.6) is 5.75 Å². The summed E-state index contributed by atoms with van der Waals surface area (Å²) in [5.74, 6) is 0.596. The minimum atomic E-state index is -0.927. The van der Waals surface area contributed by atoms with Crippen molar-refractivity contribution in [3.8, 4) is 17.0 Å². The quantitative estimate of drug-likeness (QED) is 0.550. The highest BCUT2D eigenvalue weighted by molar-refractivity contribution is 5.98. The number of fused-ring (bicyclic) bond motifs is 5. The Hall–Kier alpha value is -3.29. The molecule has 1 N–H and O–H groups in total. The van der Waals surface area contributed by atoms with Crippen LogP contribution >= 0.6 is 0 Å². The van der Waals surface area contributed by atoms with E-state index in [0.29, 0.717) is 44.2 Å². The van der Waals surface area contributed by atoms with Crippen LogP contribution in [0.2, 0.25) is 0 Å². The van der Waals surface area contributed by atoms with Gasteiger partial charge in [-0.1, -0.05) is 31.4 Å². The minimum absolute atomic E-state index is 0.298. The van der Waals surface area contributed by atoms with Crippen molar-refractivity contribution in [1.29, 1.82) is 0 Å². The van der Waals surface area contributed by atoms with E-state index < -0.39 is 5.54 Å². The van der Waals surface area contributed by atoms with E-state index in [1.165, 1.54) is 25.0 Å². The molecule has 3 aliphatic rings. The number of nitrogens with one attached hydrogen (secondary N) is 1. The van der Waals surface area contributed by atoms with Crippen molar-refractivity contribution in [3.63, 3.8) is 0 Å². The summed E-state index contributed by atoms with van der Waals surface area (Å²) in [5, 5.41) is 7.80. The molecule has 2 fully saturated rings. The summed E-state index contributed by atoms with van der Waals surface area (Å²) in [6, 6.07) is 10.1. The number of rotatable bonds is 5. The van der Waals surface area contributed by atoms with E-state index in [-0.39, 0.29) is 11.9 Å². The number of hydrogen-bond donors (Lipinski definition) is 1. The van der Waals surface area contributed by atoms with Crippen LogP contribution in [-0.4, -0.2) is 44.8 Å². The summed E-state index contributed by atoms with van der Waals surface area (Å²) in [6.07, 6.45) is 7.98. The first-order valence-electron chi connectivity index (χ1n) is 13.0. The van der Waals surface area contributed by atoms with Crippen molar-refractivity contribution in [2.75, 3.05) is 13.2 Å². The van der Waals surface area contributed by atoms with Gasteiger partial charge in [-0.25, -0.2) is 9.31 Å². The Balaban J connectivity index is 1.44. The molecule has 2 aromatic heterocycles. The third-order valence-electron chi connectivity index (χ3n) is 7.87. The number of amides is 1. The summed E-state index contributed by atoms with van der Waals surface area (Å²) < 4.78 is 15.6. The van der Waals surface area contributed by atoms with Gasteiger partial charge < -0.3 is 19.4 Å². The Bertz CT molecular complexity index is 1280. The molecule has 0 saturated heterocycles. The number of aromatic nitrogens is 3. The number of carbonyl (C=O) groups excluding carboxylic acids is 2. The molecule has 0 radical (unpaired) electrons. The van der Waals surface area contributed by atoms with Gasteiger partial charge in [0.15, 0.2) is 5.69 Å². The lowest BCUT2D eigenvalue weighted by molar-refractivity contribution is -0.154. The summed E-state index contributed by atoms with van der Waals surface area (Å²) in [5.41, 5.74) is 3.70. The third kappa shape index (κ3) is 3.61. The van der Waals surface area contributed by atoms with Gasteiger partial charge in [-0.2, -0.15) is 5.10 Å². The van der Waals surface area contributed by atoms with E-state index in [0.717, 1.165) is 41.9 Å². The molecule has 1 aromatic carbocycles. The molecule has 6 rings (SSSR count). The van der Waals surface area contributed by atoms with Crippen LogP contribution in [0.4, 0.5) is 0 Å². The number of benzene rings is 1. The van der Waals surface area contributed by atoms with E-state index in [4.69, 9.17) is 14.6 Å². The molecule has 8 heteroatoms. The molecule has 1 amide bonds. The normalized spacial score (nSPS) is 19.1. The van der Waals surface area contributed by atoms with Gasteiger partial charge in [0, 0.05) is 17.5 Å². The highest BCUT2D eigenvalue weighted by Crippen LogP contribution is 2.43. The van der Waals surface area contributed by atoms with Crippen molar-refractivity contribution < 1.29 is 19.1 Å². The highest BCUT2D eigenvalue weighted by Gasteiger charge is 2.47. The highest BCUT2D eigenvalue weighted by atomic mass is 16.5. The van der Waals surface area contributed by atoms with Crippen molar-refractivity contribution >= 4 is 17.5 Å². The third-order valence-corrected chi connectivity index (χ3v) is 7.87. The fourth-order valence-electron chi connectivity index (χ4n) is 5.95. The molecule has 0 bridgehead atoms. The Morgan fingerprint density at radius 2 is 1.97 bits per heavy atom. The lowest BCUT2D eigenvalue weighted by Crippen LogP contribution is -2.59. The second-order valence-electron chi connectivity index (χ2n) is 9.97. The molecule has 8 nitrogen and oxygen atoms in total. The first-order chi connectivity index (χ1) is 17.1. The summed E-state index contributed by atoms with van der Waals surface area (Å²) >= 11 is 0. The van der Waals surface area contributed by atoms with Crippen LogP contribution in [0, 0.1) is 0 Å². The number of ether oxygens (including phenoxy) is 2. The average Bonchev–Trinajstić information content (AvgIpc) is 3.34. The van der Waals surface area contributed by atoms with Crippen LogP contribution in [-0.2, 0) is 16.1 Å². The molecule has 2 saturated carbocycles. The number of esters is 1. The zero-order chi connectivity index (χ0) is 24.0. The van der Waals surface area contributed by atoms with Gasteiger partial charge in [0.1, 0.15) is 23.5 Å². The van der Waals surface area contributed by atoms with Crippen molar-refractivity contribution in [1.82, 2.24) is 19.5 Å². The fourth-order valence-corrected chi connectivity index (χ4v) is 5.95. The maximum Gasteiger partial charge on any atom is 0.331 e. The lowest BCUT2D eigenvalue weighted by atomic mass is 9.76. The minimum Gasteiger partial charge on any atom is -0.491 e. The van der Waals surface area contributed by atoms with E-state index in [9.17, 15) is 9.59 Å². The Kier molecular flexibility index (Phi) is 5.54. The van der Waals surface area contributed by atoms with Crippen LogP contribution < -0.4 is 10.1 Å². The number of nitrogens with zero attached hydrogens (tertiary/aromatic N) is 3. The standard InChI is InChI=1S/C27H32N4O4/c1-2-34-26(33)27(13-8-14-27)28-25(32)20-17-22-30-15-16-35-21-12-7-6-11-19(21)24(30)23(31(22)29-20)18-9-4-3-5-10-18/h6-7,11-12,17-18H,2-5,8-10,13-16H2,1H3,(H,28,32). The molecule has 1 aliphatic heterocycles. The Morgan fingerprint density at radius 1 is 1.17 bits per heavy atom. The predicted molar refractivity (Wildman–Crippen MR) is 131 cm³/mol. The van der Waals surface area contributed by atoms with Gasteiger partial charge in [0.05, 0.1) is 24.5 Å². The van der Waals surface area contributed by atoms with Crippen molar-refractivity contribution in [2.45, 2.75) is 76.3 Å². The van der Waals surface area contributed by atoms with Gasteiger partial charge in [0.25, 0.3) is 5.91 Å². The average molecular weight is 477 g/mol. The summed E-state index contributed by atoms with van der Waals surface area (Å²) in [7, 11) is 0. The second kappa shape index (κ2) is 8.73. The molecule has 2 aliphatic carbocycles. The maximum absolute atomic E-state index is 13.3. The molecule has 184 valence electrons. The van der Waals surface area contributed by atoms with Gasteiger partial charge in [-0.05, 0) is 51.2 Å². The first-order valence-corrected chi connectivity index (χ1v) is 13.0. The number of hydrogen-bond acceptors (Lipinski definition) is 5. The number of para-hydroxylation sites is 1. The Morgan fingerprint density at radius 3 is 2.71 bits per heavy atom. The van der Waals surface area contributed by atoms with E-state index >= 15 is 0 Å². The van der Waals surface area contributed by atoms with Gasteiger partial charge in [-0.15, -0.1) is 0 Å². The lowest BCUT2D eigenvalue weighted by Gasteiger charge is -2.39. The summed E-state index contributed by atoms with van der Waals surface area (Å²) in [6.45, 7) is 3.31. The van der Waals surface area contributed by atoms with Crippen LogP contribution in [0.1, 0.15) is 80.4 Å². The van der Waals surface area contributed by atoms with Crippen molar-refractivity contribution in [2.24, 2.45) is 0 Å². The monoisotopic (exact) mass is 476 g/mol. The topological polar surface area (TPSA) is 86.9 Å². The largest absolute Gasteiger partial charge is 0.491 e.